The minimum Gasteiger partial charge on any atom is -0.310 e. The molecule has 0 saturated carbocycles. The highest BCUT2D eigenvalue weighted by Gasteiger charge is 2.02. The van der Waals surface area contributed by atoms with Gasteiger partial charge in [0.15, 0.2) is 5.82 Å². The minimum absolute atomic E-state index is 0.501. The van der Waals surface area contributed by atoms with Crippen LogP contribution in [0.5, 0.6) is 0 Å². The average Bonchev–Trinajstić information content (AvgIpc) is 2.06. The molecule has 7 heteroatoms. The third-order valence-corrected chi connectivity index (χ3v) is 1.03. The number of hydrogen-bond acceptors (Lipinski definition) is 4. The lowest BCUT2D eigenvalue weighted by molar-refractivity contribution is -0.116. The summed E-state index contributed by atoms with van der Waals surface area (Å²) in [6, 6.07) is 0. The molecule has 0 aliphatic rings. The van der Waals surface area contributed by atoms with Gasteiger partial charge >= 0.3 is 5.69 Å². The molecule has 0 fully saturated rings. The lowest BCUT2D eigenvalue weighted by Crippen LogP contribution is -2.09. The van der Waals surface area contributed by atoms with Crippen LogP contribution in [0.3, 0.4) is 0 Å². The van der Waals surface area contributed by atoms with Gasteiger partial charge in [0.2, 0.25) is 5.82 Å². The number of nitrogens with zero attached hydrogens (tertiary/aromatic N) is 3. The van der Waals surface area contributed by atoms with Gasteiger partial charge < -0.3 is 4.98 Å². The quantitative estimate of drug-likeness (QED) is 0.646. The van der Waals surface area contributed by atoms with Gasteiger partial charge in [0, 0.05) is 13.1 Å². The molecular formula is C6H5FN4O2. The number of nitrogens with one attached hydrogen (secondary N) is 1. The molecule has 0 aromatic carbocycles. The Balaban J connectivity index is 3.07. The van der Waals surface area contributed by atoms with E-state index in [4.69, 9.17) is 0 Å². The number of aromatic nitrogens is 2. The van der Waals surface area contributed by atoms with Crippen molar-refractivity contribution in [3.63, 3.8) is 0 Å². The maximum Gasteiger partial charge on any atom is 0.347 e. The number of carbonyl (C=O) groups is 1. The van der Waals surface area contributed by atoms with Crippen molar-refractivity contribution < 1.29 is 9.18 Å². The number of aromatic amines is 1. The number of halogens is 1. The second kappa shape index (κ2) is 3.65. The average molecular weight is 184 g/mol. The van der Waals surface area contributed by atoms with E-state index in [1.165, 1.54) is 0 Å². The predicted octanol–water partition coefficient (Wildman–Crippen LogP) is 0.539. The number of rotatable bonds is 1. The van der Waals surface area contributed by atoms with Gasteiger partial charge in [0.25, 0.3) is 5.91 Å². The van der Waals surface area contributed by atoms with Crippen LogP contribution in [-0.2, 0) is 4.79 Å². The standard InChI is InChI=1S/C6H5FN4O2/c1-3(12)10-11-5-4(7)2-8-6(13)9-5/h2H,1H3,(H,8,9,13)/b11-10-. The fraction of sp³-hybridized carbons (Fsp3) is 0.167. The van der Waals surface area contributed by atoms with Crippen molar-refractivity contribution >= 4 is 11.7 Å². The summed E-state index contributed by atoms with van der Waals surface area (Å²) in [5.41, 5.74) is -0.751. The van der Waals surface area contributed by atoms with Crippen LogP contribution >= 0.6 is 0 Å². The zero-order valence-electron chi connectivity index (χ0n) is 6.61. The van der Waals surface area contributed by atoms with E-state index in [2.05, 4.69) is 15.2 Å². The summed E-state index contributed by atoms with van der Waals surface area (Å²) >= 11 is 0. The molecule has 0 spiro atoms. The first-order valence-electron chi connectivity index (χ1n) is 3.27. The van der Waals surface area contributed by atoms with Crippen LogP contribution in [-0.4, -0.2) is 15.9 Å². The summed E-state index contributed by atoms with van der Waals surface area (Å²) in [6.45, 7) is 1.15. The van der Waals surface area contributed by atoms with E-state index < -0.39 is 23.2 Å². The molecule has 68 valence electrons. The second-order valence-corrected chi connectivity index (χ2v) is 2.10. The molecule has 1 N–H and O–H groups in total. The summed E-state index contributed by atoms with van der Waals surface area (Å²) < 4.78 is 12.7. The van der Waals surface area contributed by atoms with Gasteiger partial charge in [-0.2, -0.15) is 4.98 Å². The molecule has 1 aromatic heterocycles. The van der Waals surface area contributed by atoms with Gasteiger partial charge in [-0.05, 0) is 0 Å². The molecule has 0 aliphatic heterocycles. The Kier molecular flexibility index (Phi) is 2.58. The summed E-state index contributed by atoms with van der Waals surface area (Å²) in [5, 5.41) is 6.16. The Morgan fingerprint density at radius 2 is 2.38 bits per heavy atom. The zero-order valence-corrected chi connectivity index (χ0v) is 6.61. The Morgan fingerprint density at radius 3 is 3.00 bits per heavy atom. The molecule has 1 heterocycles. The lowest BCUT2D eigenvalue weighted by atomic mass is 10.6. The molecule has 13 heavy (non-hydrogen) atoms. The van der Waals surface area contributed by atoms with Crippen molar-refractivity contribution in [2.45, 2.75) is 6.92 Å². The number of carbonyl (C=O) groups excluding carboxylic acids is 1. The van der Waals surface area contributed by atoms with Crippen LogP contribution in [0, 0.1) is 5.82 Å². The van der Waals surface area contributed by atoms with Crippen molar-refractivity contribution in [3.05, 3.63) is 22.5 Å². The largest absolute Gasteiger partial charge is 0.347 e. The zero-order chi connectivity index (χ0) is 9.84. The van der Waals surface area contributed by atoms with E-state index in [1.807, 2.05) is 4.98 Å². The van der Waals surface area contributed by atoms with Crippen molar-refractivity contribution in [2.24, 2.45) is 10.2 Å². The van der Waals surface area contributed by atoms with Crippen molar-refractivity contribution in [3.8, 4) is 0 Å². The Bertz CT molecular complexity index is 411. The summed E-state index contributed by atoms with van der Waals surface area (Å²) in [5.74, 6) is -1.94. The molecule has 0 saturated heterocycles. The molecule has 1 amide bonds. The molecular weight excluding hydrogens is 179 g/mol. The van der Waals surface area contributed by atoms with Crippen LogP contribution in [0.4, 0.5) is 10.2 Å². The number of hydrogen-bond donors (Lipinski definition) is 1. The molecule has 0 unspecified atom stereocenters. The third kappa shape index (κ3) is 2.55. The predicted molar refractivity (Wildman–Crippen MR) is 40.0 cm³/mol. The molecule has 1 rings (SSSR count). The van der Waals surface area contributed by atoms with Crippen LogP contribution in [0.2, 0.25) is 0 Å². The van der Waals surface area contributed by atoms with E-state index in [9.17, 15) is 14.0 Å². The van der Waals surface area contributed by atoms with Crippen LogP contribution in [0.1, 0.15) is 6.92 Å². The molecule has 6 nitrogen and oxygen atoms in total. The monoisotopic (exact) mass is 184 g/mol. The van der Waals surface area contributed by atoms with Gasteiger partial charge in [-0.25, -0.2) is 9.18 Å². The first-order chi connectivity index (χ1) is 6.09. The Morgan fingerprint density at radius 1 is 1.69 bits per heavy atom. The van der Waals surface area contributed by atoms with E-state index >= 15 is 0 Å². The molecule has 0 bridgehead atoms. The van der Waals surface area contributed by atoms with Crippen LogP contribution in [0.15, 0.2) is 21.2 Å². The number of amides is 1. The number of H-pyrrole nitrogens is 1. The fourth-order valence-corrected chi connectivity index (χ4v) is 0.559. The first-order valence-corrected chi connectivity index (χ1v) is 3.27. The van der Waals surface area contributed by atoms with Gasteiger partial charge in [0.1, 0.15) is 0 Å². The van der Waals surface area contributed by atoms with Crippen LogP contribution in [0.25, 0.3) is 0 Å². The van der Waals surface area contributed by atoms with Crippen LogP contribution < -0.4 is 5.69 Å². The van der Waals surface area contributed by atoms with Gasteiger partial charge in [-0.1, -0.05) is 0 Å². The smallest absolute Gasteiger partial charge is 0.310 e. The molecule has 0 aliphatic carbocycles. The Labute approximate surface area is 71.5 Å². The van der Waals surface area contributed by atoms with Crippen molar-refractivity contribution in [2.75, 3.05) is 0 Å². The summed E-state index contributed by atoms with van der Waals surface area (Å²) in [7, 11) is 0. The van der Waals surface area contributed by atoms with E-state index in [1.54, 1.807) is 0 Å². The molecule has 0 atom stereocenters. The SMILES string of the molecule is CC(=O)/N=N\c1nc(=O)[nH]cc1F. The summed E-state index contributed by atoms with van der Waals surface area (Å²) in [4.78, 5) is 26.0. The second-order valence-electron chi connectivity index (χ2n) is 2.10. The number of azo groups is 1. The topological polar surface area (TPSA) is 87.5 Å². The first kappa shape index (κ1) is 9.17. The lowest BCUT2D eigenvalue weighted by Gasteiger charge is -1.90. The van der Waals surface area contributed by atoms with E-state index in [-0.39, 0.29) is 0 Å². The van der Waals surface area contributed by atoms with Gasteiger partial charge in [-0.15, -0.1) is 10.2 Å². The van der Waals surface area contributed by atoms with Crippen molar-refractivity contribution in [1.29, 1.82) is 0 Å². The fourth-order valence-electron chi connectivity index (χ4n) is 0.559. The van der Waals surface area contributed by atoms with E-state index in [0.717, 1.165) is 13.1 Å². The van der Waals surface area contributed by atoms with Crippen molar-refractivity contribution in [1.82, 2.24) is 9.97 Å². The minimum atomic E-state index is -0.843. The van der Waals surface area contributed by atoms with Gasteiger partial charge in [-0.3, -0.25) is 4.79 Å². The van der Waals surface area contributed by atoms with E-state index in [0.29, 0.717) is 0 Å². The highest BCUT2D eigenvalue weighted by molar-refractivity contribution is 5.73. The Hall–Kier alpha value is -1.92. The normalized spacial score (nSPS) is 10.6. The molecule has 0 radical (unpaired) electrons. The maximum atomic E-state index is 12.7. The third-order valence-electron chi connectivity index (χ3n) is 1.03. The maximum absolute atomic E-state index is 12.7. The molecule has 1 aromatic rings. The summed E-state index contributed by atoms with van der Waals surface area (Å²) in [6.07, 6.45) is 0.795. The highest BCUT2D eigenvalue weighted by Crippen LogP contribution is 2.09. The van der Waals surface area contributed by atoms with Gasteiger partial charge in [0.05, 0.1) is 0 Å². The highest BCUT2D eigenvalue weighted by atomic mass is 19.1.